The van der Waals surface area contributed by atoms with Gasteiger partial charge < -0.3 is 10.2 Å². The van der Waals surface area contributed by atoms with Crippen molar-refractivity contribution in [1.82, 2.24) is 10.2 Å². The number of nitrogens with one attached hydrogen (secondary N) is 1. The molecule has 0 radical (unpaired) electrons. The molecule has 12 heavy (non-hydrogen) atoms. The van der Waals surface area contributed by atoms with Crippen LogP contribution < -0.4 is 5.32 Å². The van der Waals surface area contributed by atoms with Gasteiger partial charge in [-0.05, 0) is 6.92 Å². The third-order valence-corrected chi connectivity index (χ3v) is 2.22. The zero-order valence-corrected chi connectivity index (χ0v) is 8.10. The minimum atomic E-state index is 0.179. The highest BCUT2D eigenvalue weighted by Gasteiger charge is 2.19. The molecular weight excluding hydrogens is 176 g/mol. The molecule has 1 atom stereocenters. The van der Waals surface area contributed by atoms with Gasteiger partial charge in [-0.25, -0.2) is 0 Å². The summed E-state index contributed by atoms with van der Waals surface area (Å²) in [5.74, 6) is 0.607. The Kier molecular flexibility index (Phi) is 3.82. The highest BCUT2D eigenvalue weighted by Crippen LogP contribution is 2.01. The van der Waals surface area contributed by atoms with Gasteiger partial charge in [-0.15, -0.1) is 11.6 Å². The molecule has 0 aromatic heterocycles. The maximum Gasteiger partial charge on any atom is 0.223 e. The van der Waals surface area contributed by atoms with Crippen molar-refractivity contribution in [3.8, 4) is 0 Å². The van der Waals surface area contributed by atoms with Gasteiger partial charge in [-0.2, -0.15) is 0 Å². The predicted molar refractivity (Wildman–Crippen MR) is 49.4 cm³/mol. The van der Waals surface area contributed by atoms with Gasteiger partial charge in [0.05, 0.1) is 0 Å². The third-order valence-electron chi connectivity index (χ3n) is 2.03. The Labute approximate surface area is 78.1 Å². The summed E-state index contributed by atoms with van der Waals surface area (Å²) < 4.78 is 0. The van der Waals surface area contributed by atoms with Crippen LogP contribution in [0.3, 0.4) is 0 Å². The molecule has 0 aromatic rings. The summed E-state index contributed by atoms with van der Waals surface area (Å²) in [6.45, 7) is 4.62. The number of halogens is 1. The first kappa shape index (κ1) is 9.81. The molecule has 0 aromatic carbocycles. The van der Waals surface area contributed by atoms with Crippen molar-refractivity contribution < 1.29 is 4.79 Å². The third kappa shape index (κ3) is 2.64. The van der Waals surface area contributed by atoms with E-state index in [1.165, 1.54) is 0 Å². The molecule has 1 N–H and O–H groups in total. The molecule has 1 fully saturated rings. The van der Waals surface area contributed by atoms with Crippen molar-refractivity contribution in [3.63, 3.8) is 0 Å². The number of alkyl halides is 1. The lowest BCUT2D eigenvalue weighted by molar-refractivity contribution is -0.131. The number of carbonyl (C=O) groups is 1. The van der Waals surface area contributed by atoms with Gasteiger partial charge in [0.2, 0.25) is 5.91 Å². The maximum absolute atomic E-state index is 11.4. The van der Waals surface area contributed by atoms with Crippen LogP contribution in [0.25, 0.3) is 0 Å². The van der Waals surface area contributed by atoms with E-state index in [2.05, 4.69) is 12.2 Å². The molecule has 0 bridgehead atoms. The zero-order chi connectivity index (χ0) is 8.97. The summed E-state index contributed by atoms with van der Waals surface area (Å²) >= 11 is 5.49. The first-order chi connectivity index (χ1) is 5.74. The van der Waals surface area contributed by atoms with Gasteiger partial charge in [0, 0.05) is 38.0 Å². The average molecular weight is 191 g/mol. The predicted octanol–water partition coefficient (Wildman–Crippen LogP) is 0.436. The van der Waals surface area contributed by atoms with Gasteiger partial charge in [0.1, 0.15) is 0 Å². The van der Waals surface area contributed by atoms with Crippen LogP contribution in [0, 0.1) is 0 Å². The Morgan fingerprint density at radius 2 is 2.50 bits per heavy atom. The van der Waals surface area contributed by atoms with Gasteiger partial charge in [0.15, 0.2) is 0 Å². The van der Waals surface area contributed by atoms with Crippen molar-refractivity contribution in [1.29, 1.82) is 0 Å². The van der Waals surface area contributed by atoms with E-state index in [0.29, 0.717) is 18.3 Å². The molecule has 0 saturated carbocycles. The quantitative estimate of drug-likeness (QED) is 0.641. The molecule has 1 aliphatic rings. The molecule has 1 amide bonds. The fraction of sp³-hybridized carbons (Fsp3) is 0.875. The SMILES string of the molecule is CC1CN(C(=O)CCCl)CCN1. The van der Waals surface area contributed by atoms with Crippen LogP contribution in [0.5, 0.6) is 0 Å². The Bertz CT molecular complexity index is 163. The molecule has 0 aliphatic carbocycles. The molecule has 1 unspecified atom stereocenters. The van der Waals surface area contributed by atoms with Crippen molar-refractivity contribution in [3.05, 3.63) is 0 Å². The molecule has 70 valence electrons. The van der Waals surface area contributed by atoms with E-state index < -0.39 is 0 Å². The summed E-state index contributed by atoms with van der Waals surface area (Å²) in [7, 11) is 0. The van der Waals surface area contributed by atoms with Gasteiger partial charge in [0.25, 0.3) is 0 Å². The minimum absolute atomic E-state index is 0.179. The molecule has 1 rings (SSSR count). The van der Waals surface area contributed by atoms with E-state index >= 15 is 0 Å². The van der Waals surface area contributed by atoms with E-state index in [1.54, 1.807) is 0 Å². The molecule has 4 heteroatoms. The molecule has 0 spiro atoms. The fourth-order valence-corrected chi connectivity index (χ4v) is 1.56. The minimum Gasteiger partial charge on any atom is -0.340 e. The van der Waals surface area contributed by atoms with Crippen LogP contribution in [0.15, 0.2) is 0 Å². The van der Waals surface area contributed by atoms with Crippen LogP contribution in [0.1, 0.15) is 13.3 Å². The van der Waals surface area contributed by atoms with Gasteiger partial charge in [-0.3, -0.25) is 4.79 Å². The van der Waals surface area contributed by atoms with Crippen molar-refractivity contribution in [2.24, 2.45) is 0 Å². The lowest BCUT2D eigenvalue weighted by atomic mass is 10.2. The van der Waals surface area contributed by atoms with E-state index in [0.717, 1.165) is 19.6 Å². The monoisotopic (exact) mass is 190 g/mol. The summed E-state index contributed by atoms with van der Waals surface area (Å²) in [4.78, 5) is 13.2. The van der Waals surface area contributed by atoms with Crippen LogP contribution in [-0.4, -0.2) is 42.4 Å². The number of carbonyl (C=O) groups excluding carboxylic acids is 1. The van der Waals surface area contributed by atoms with Crippen LogP contribution in [-0.2, 0) is 4.79 Å². The Balaban J connectivity index is 2.35. The summed E-state index contributed by atoms with van der Waals surface area (Å²) in [5, 5.41) is 3.28. The maximum atomic E-state index is 11.4. The van der Waals surface area contributed by atoms with Crippen LogP contribution in [0.4, 0.5) is 0 Å². The second-order valence-electron chi connectivity index (χ2n) is 3.13. The van der Waals surface area contributed by atoms with Crippen molar-refractivity contribution >= 4 is 17.5 Å². The first-order valence-electron chi connectivity index (χ1n) is 4.31. The summed E-state index contributed by atoms with van der Waals surface area (Å²) in [6, 6.07) is 0.415. The number of hydrogen-bond donors (Lipinski definition) is 1. The number of amides is 1. The second-order valence-corrected chi connectivity index (χ2v) is 3.51. The van der Waals surface area contributed by atoms with E-state index in [-0.39, 0.29) is 5.91 Å². The number of nitrogens with zero attached hydrogens (tertiary/aromatic N) is 1. The average Bonchev–Trinajstić information content (AvgIpc) is 2.05. The first-order valence-corrected chi connectivity index (χ1v) is 4.84. The van der Waals surface area contributed by atoms with E-state index in [1.807, 2.05) is 4.90 Å². The van der Waals surface area contributed by atoms with Gasteiger partial charge in [-0.1, -0.05) is 0 Å². The second kappa shape index (κ2) is 4.67. The number of rotatable bonds is 2. The lowest BCUT2D eigenvalue weighted by Gasteiger charge is -2.31. The zero-order valence-electron chi connectivity index (χ0n) is 7.35. The lowest BCUT2D eigenvalue weighted by Crippen LogP contribution is -2.51. The highest BCUT2D eigenvalue weighted by molar-refractivity contribution is 6.18. The van der Waals surface area contributed by atoms with Crippen LogP contribution in [0.2, 0.25) is 0 Å². The topological polar surface area (TPSA) is 32.3 Å². The molecule has 1 heterocycles. The summed E-state index contributed by atoms with van der Waals surface area (Å²) in [5.41, 5.74) is 0. The molecule has 1 saturated heterocycles. The standard InChI is InChI=1S/C8H15ClN2O/c1-7-6-11(5-4-10-7)8(12)2-3-9/h7,10H,2-6H2,1H3. The fourth-order valence-electron chi connectivity index (χ4n) is 1.40. The summed E-state index contributed by atoms with van der Waals surface area (Å²) in [6.07, 6.45) is 0.467. The van der Waals surface area contributed by atoms with Crippen molar-refractivity contribution in [2.45, 2.75) is 19.4 Å². The molecule has 3 nitrogen and oxygen atoms in total. The van der Waals surface area contributed by atoms with E-state index in [4.69, 9.17) is 11.6 Å². The van der Waals surface area contributed by atoms with E-state index in [9.17, 15) is 4.79 Å². The Hall–Kier alpha value is -0.280. The normalized spacial score (nSPS) is 24.2. The Morgan fingerprint density at radius 1 is 1.75 bits per heavy atom. The van der Waals surface area contributed by atoms with Crippen LogP contribution >= 0.6 is 11.6 Å². The van der Waals surface area contributed by atoms with Gasteiger partial charge >= 0.3 is 0 Å². The largest absolute Gasteiger partial charge is 0.340 e. The smallest absolute Gasteiger partial charge is 0.223 e. The number of piperazine rings is 1. The Morgan fingerprint density at radius 3 is 3.08 bits per heavy atom. The highest BCUT2D eigenvalue weighted by atomic mass is 35.5. The number of hydrogen-bond acceptors (Lipinski definition) is 2. The van der Waals surface area contributed by atoms with Crippen molar-refractivity contribution in [2.75, 3.05) is 25.5 Å². The molecule has 1 aliphatic heterocycles. The molecular formula is C8H15ClN2O.